The third-order valence-electron chi connectivity index (χ3n) is 2.79. The lowest BCUT2D eigenvalue weighted by Crippen LogP contribution is -1.88. The van der Waals surface area contributed by atoms with E-state index < -0.39 is 0 Å². The van der Waals surface area contributed by atoms with E-state index in [0.717, 1.165) is 16.7 Å². The summed E-state index contributed by atoms with van der Waals surface area (Å²) in [5, 5.41) is 19.6. The molecule has 0 saturated carbocycles. The molecule has 0 fully saturated rings. The summed E-state index contributed by atoms with van der Waals surface area (Å²) >= 11 is 0. The van der Waals surface area contributed by atoms with Gasteiger partial charge in [-0.3, -0.25) is 0 Å². The number of rotatable bonds is 1. The first kappa shape index (κ1) is 10.6. The Kier molecular flexibility index (Phi) is 2.57. The second-order valence-corrected chi connectivity index (χ2v) is 3.93. The van der Waals surface area contributed by atoms with Crippen molar-refractivity contribution in [3.05, 3.63) is 47.5 Å². The number of phenols is 2. The molecule has 0 aliphatic carbocycles. The third kappa shape index (κ3) is 1.63. The van der Waals surface area contributed by atoms with Crippen molar-refractivity contribution in [3.63, 3.8) is 0 Å². The van der Waals surface area contributed by atoms with Crippen molar-refractivity contribution in [3.8, 4) is 22.6 Å². The maximum Gasteiger partial charge on any atom is 0.130 e. The Labute approximate surface area is 94.8 Å². The van der Waals surface area contributed by atoms with Gasteiger partial charge in [-0.2, -0.15) is 0 Å². The van der Waals surface area contributed by atoms with Crippen LogP contribution >= 0.6 is 0 Å². The van der Waals surface area contributed by atoms with E-state index in [1.165, 1.54) is 0 Å². The molecule has 0 unspecified atom stereocenters. The summed E-state index contributed by atoms with van der Waals surface area (Å²) in [5.74, 6) is 0.290. The van der Waals surface area contributed by atoms with Gasteiger partial charge in [-0.05, 0) is 31.0 Å². The molecule has 0 bridgehead atoms. The van der Waals surface area contributed by atoms with E-state index in [0.29, 0.717) is 5.56 Å². The number of hydrogen-bond acceptors (Lipinski definition) is 2. The van der Waals surface area contributed by atoms with Crippen molar-refractivity contribution in [1.29, 1.82) is 0 Å². The lowest BCUT2D eigenvalue weighted by atomic mass is 9.96. The van der Waals surface area contributed by atoms with E-state index in [1.807, 2.05) is 37.3 Å². The highest BCUT2D eigenvalue weighted by atomic mass is 16.3. The molecule has 0 aliphatic rings. The predicted octanol–water partition coefficient (Wildman–Crippen LogP) is 3.38. The Morgan fingerprint density at radius 3 is 2.19 bits per heavy atom. The Balaban J connectivity index is 2.71. The van der Waals surface area contributed by atoms with Gasteiger partial charge in [-0.15, -0.1) is 0 Å². The molecule has 0 aromatic heterocycles. The van der Waals surface area contributed by atoms with Crippen LogP contribution in [-0.4, -0.2) is 10.2 Å². The Morgan fingerprint density at radius 1 is 0.938 bits per heavy atom. The van der Waals surface area contributed by atoms with Crippen LogP contribution in [0.3, 0.4) is 0 Å². The smallest absolute Gasteiger partial charge is 0.130 e. The molecule has 0 spiro atoms. The fourth-order valence-electron chi connectivity index (χ4n) is 1.85. The first-order chi connectivity index (χ1) is 7.61. The third-order valence-corrected chi connectivity index (χ3v) is 2.79. The van der Waals surface area contributed by atoms with Crippen LogP contribution < -0.4 is 0 Å². The summed E-state index contributed by atoms with van der Waals surface area (Å²) in [6.45, 7) is 3.58. The van der Waals surface area contributed by atoms with Gasteiger partial charge in [0.05, 0.1) is 0 Å². The lowest BCUT2D eigenvalue weighted by molar-refractivity contribution is 0.444. The van der Waals surface area contributed by atoms with E-state index >= 15 is 0 Å². The van der Waals surface area contributed by atoms with Crippen molar-refractivity contribution >= 4 is 0 Å². The number of phenolic OH excluding ortho intramolecular Hbond substituents is 2. The predicted molar refractivity (Wildman–Crippen MR) is 64.7 cm³/mol. The fraction of sp³-hybridized carbons (Fsp3) is 0.143. The van der Waals surface area contributed by atoms with Gasteiger partial charge in [0, 0.05) is 11.1 Å². The van der Waals surface area contributed by atoms with Crippen molar-refractivity contribution in [1.82, 2.24) is 0 Å². The SMILES string of the molecule is Cc1cc(O)c(C)c(O)c1-c1ccccc1. The van der Waals surface area contributed by atoms with Crippen molar-refractivity contribution in [2.24, 2.45) is 0 Å². The monoisotopic (exact) mass is 214 g/mol. The van der Waals surface area contributed by atoms with Gasteiger partial charge in [0.15, 0.2) is 0 Å². The summed E-state index contributed by atoms with van der Waals surface area (Å²) in [6, 6.07) is 11.4. The molecule has 2 aromatic rings. The van der Waals surface area contributed by atoms with Crippen molar-refractivity contribution < 1.29 is 10.2 Å². The Bertz CT molecular complexity index is 516. The van der Waals surface area contributed by atoms with E-state index in [4.69, 9.17) is 0 Å². The van der Waals surface area contributed by atoms with E-state index in [9.17, 15) is 10.2 Å². The molecule has 2 heteroatoms. The van der Waals surface area contributed by atoms with Gasteiger partial charge in [-0.1, -0.05) is 30.3 Å². The maximum atomic E-state index is 10.1. The standard InChI is InChI=1S/C14H14O2/c1-9-8-12(15)10(2)14(16)13(9)11-6-4-3-5-7-11/h3-8,15-16H,1-2H3. The first-order valence-electron chi connectivity index (χ1n) is 5.19. The van der Waals surface area contributed by atoms with Crippen LogP contribution in [0, 0.1) is 13.8 Å². The second kappa shape index (κ2) is 3.89. The zero-order valence-corrected chi connectivity index (χ0v) is 9.36. The highest BCUT2D eigenvalue weighted by Crippen LogP contribution is 2.39. The molecule has 2 nitrogen and oxygen atoms in total. The zero-order chi connectivity index (χ0) is 11.7. The molecule has 82 valence electrons. The Hall–Kier alpha value is -1.96. The van der Waals surface area contributed by atoms with Crippen LogP contribution in [0.15, 0.2) is 36.4 Å². The van der Waals surface area contributed by atoms with Gasteiger partial charge in [-0.25, -0.2) is 0 Å². The summed E-state index contributed by atoms with van der Waals surface area (Å²) < 4.78 is 0. The molecule has 16 heavy (non-hydrogen) atoms. The van der Waals surface area contributed by atoms with Gasteiger partial charge in [0.25, 0.3) is 0 Å². The second-order valence-electron chi connectivity index (χ2n) is 3.93. The zero-order valence-electron chi connectivity index (χ0n) is 9.36. The van der Waals surface area contributed by atoms with Crippen LogP contribution in [-0.2, 0) is 0 Å². The average molecular weight is 214 g/mol. The molecule has 2 N–H and O–H groups in total. The molecular formula is C14H14O2. The first-order valence-corrected chi connectivity index (χ1v) is 5.19. The quantitative estimate of drug-likeness (QED) is 0.764. The van der Waals surface area contributed by atoms with Gasteiger partial charge in [0.1, 0.15) is 11.5 Å². The van der Waals surface area contributed by atoms with Crippen LogP contribution in [0.5, 0.6) is 11.5 Å². The van der Waals surface area contributed by atoms with Gasteiger partial charge in [0.2, 0.25) is 0 Å². The summed E-state index contributed by atoms with van der Waals surface area (Å²) in [4.78, 5) is 0. The number of aryl methyl sites for hydroxylation is 1. The van der Waals surface area contributed by atoms with Gasteiger partial charge < -0.3 is 10.2 Å². The summed E-state index contributed by atoms with van der Waals surface area (Å²) in [7, 11) is 0. The number of benzene rings is 2. The highest BCUT2D eigenvalue weighted by molar-refractivity contribution is 5.76. The molecule has 2 rings (SSSR count). The topological polar surface area (TPSA) is 40.5 Å². The summed E-state index contributed by atoms with van der Waals surface area (Å²) in [6.07, 6.45) is 0. The van der Waals surface area contributed by atoms with Crippen molar-refractivity contribution in [2.75, 3.05) is 0 Å². The van der Waals surface area contributed by atoms with Crippen LogP contribution in [0.1, 0.15) is 11.1 Å². The fourth-order valence-corrected chi connectivity index (χ4v) is 1.85. The van der Waals surface area contributed by atoms with E-state index in [1.54, 1.807) is 13.0 Å². The molecule has 0 radical (unpaired) electrons. The molecule has 0 heterocycles. The normalized spacial score (nSPS) is 10.4. The minimum Gasteiger partial charge on any atom is -0.508 e. The Morgan fingerprint density at radius 2 is 1.56 bits per heavy atom. The minimum atomic E-state index is 0.134. The molecular weight excluding hydrogens is 200 g/mol. The van der Waals surface area contributed by atoms with Gasteiger partial charge >= 0.3 is 0 Å². The largest absolute Gasteiger partial charge is 0.508 e. The molecule has 0 atom stereocenters. The molecule has 0 saturated heterocycles. The molecule has 0 aliphatic heterocycles. The number of hydrogen-bond donors (Lipinski definition) is 2. The number of aromatic hydroxyl groups is 2. The van der Waals surface area contributed by atoms with Crippen molar-refractivity contribution in [2.45, 2.75) is 13.8 Å². The summed E-state index contributed by atoms with van der Waals surface area (Å²) in [5.41, 5.74) is 3.13. The van der Waals surface area contributed by atoms with Crippen LogP contribution in [0.4, 0.5) is 0 Å². The lowest BCUT2D eigenvalue weighted by Gasteiger charge is -2.12. The van der Waals surface area contributed by atoms with E-state index in [2.05, 4.69) is 0 Å². The molecule has 0 amide bonds. The maximum absolute atomic E-state index is 10.1. The van der Waals surface area contributed by atoms with Crippen LogP contribution in [0.2, 0.25) is 0 Å². The highest BCUT2D eigenvalue weighted by Gasteiger charge is 2.13. The average Bonchev–Trinajstić information content (AvgIpc) is 2.28. The minimum absolute atomic E-state index is 0.134. The van der Waals surface area contributed by atoms with Crippen LogP contribution in [0.25, 0.3) is 11.1 Å². The van der Waals surface area contributed by atoms with E-state index in [-0.39, 0.29) is 11.5 Å². The molecule has 2 aromatic carbocycles.